The van der Waals surface area contributed by atoms with Gasteiger partial charge < -0.3 is 5.32 Å². The van der Waals surface area contributed by atoms with E-state index in [9.17, 15) is 26.4 Å². The number of rotatable bonds is 3. The minimum absolute atomic E-state index is 0.100. The van der Waals surface area contributed by atoms with Crippen molar-refractivity contribution >= 4 is 27.3 Å². The lowest BCUT2D eigenvalue weighted by atomic mass is 10.1. The number of benzene rings is 2. The van der Waals surface area contributed by atoms with Gasteiger partial charge in [-0.1, -0.05) is 0 Å². The number of amides is 1. The quantitative estimate of drug-likeness (QED) is 0.853. The summed E-state index contributed by atoms with van der Waals surface area (Å²) in [7, 11) is -3.33. The molecule has 1 N–H and O–H groups in total. The highest BCUT2D eigenvalue weighted by Gasteiger charge is 2.30. The van der Waals surface area contributed by atoms with Crippen LogP contribution in [0.5, 0.6) is 0 Å². The second-order valence-corrected chi connectivity index (χ2v) is 8.18. The number of carbonyl (C=O) groups excluding carboxylic acids is 1. The molecular formula is C18H17F3N2O3S. The lowest BCUT2D eigenvalue weighted by Gasteiger charge is -2.28. The molecule has 9 heteroatoms. The summed E-state index contributed by atoms with van der Waals surface area (Å²) in [6, 6.07) is 10.2. The van der Waals surface area contributed by atoms with Gasteiger partial charge in [0, 0.05) is 17.8 Å². The monoisotopic (exact) mass is 398 g/mol. The molecule has 1 fully saturated rings. The van der Waals surface area contributed by atoms with Crippen LogP contribution in [0.3, 0.4) is 0 Å². The summed E-state index contributed by atoms with van der Waals surface area (Å²) in [5, 5.41) is 2.51. The maximum atomic E-state index is 12.6. The molecule has 2 aromatic carbocycles. The molecule has 0 spiro atoms. The lowest BCUT2D eigenvalue weighted by Crippen LogP contribution is -2.37. The van der Waals surface area contributed by atoms with Crippen molar-refractivity contribution in [1.29, 1.82) is 0 Å². The number of sulfonamides is 1. The van der Waals surface area contributed by atoms with Crippen LogP contribution < -0.4 is 9.62 Å². The SMILES string of the molecule is O=C(Nc1ccc(C(F)(F)F)cc1)c1ccc(N2CCCCS2(=O)=O)cc1. The van der Waals surface area contributed by atoms with Crippen molar-refractivity contribution in [1.82, 2.24) is 0 Å². The van der Waals surface area contributed by atoms with Crippen molar-refractivity contribution in [2.24, 2.45) is 0 Å². The van der Waals surface area contributed by atoms with Gasteiger partial charge in [-0.05, 0) is 61.4 Å². The molecule has 0 unspecified atom stereocenters. The van der Waals surface area contributed by atoms with Gasteiger partial charge in [-0.25, -0.2) is 8.42 Å². The molecule has 0 bridgehead atoms. The summed E-state index contributed by atoms with van der Waals surface area (Å²) in [5.74, 6) is -0.397. The first kappa shape index (κ1) is 19.2. The Morgan fingerprint density at radius 1 is 0.963 bits per heavy atom. The molecular weight excluding hydrogens is 381 g/mol. The van der Waals surface area contributed by atoms with Gasteiger partial charge in [0.25, 0.3) is 5.91 Å². The summed E-state index contributed by atoms with van der Waals surface area (Å²) >= 11 is 0. The molecule has 0 aromatic heterocycles. The number of alkyl halides is 3. The Kier molecular flexibility index (Phi) is 5.14. The van der Waals surface area contributed by atoms with Crippen molar-refractivity contribution in [3.05, 3.63) is 59.7 Å². The maximum Gasteiger partial charge on any atom is 0.416 e. The molecule has 1 heterocycles. The van der Waals surface area contributed by atoms with Gasteiger partial charge in [0.1, 0.15) is 0 Å². The second-order valence-electron chi connectivity index (χ2n) is 6.17. The number of hydrogen-bond donors (Lipinski definition) is 1. The van der Waals surface area contributed by atoms with Gasteiger partial charge in [0.2, 0.25) is 10.0 Å². The normalized spacial score (nSPS) is 16.8. The third-order valence-corrected chi connectivity index (χ3v) is 6.11. The van der Waals surface area contributed by atoms with Crippen molar-refractivity contribution in [3.8, 4) is 0 Å². The average molecular weight is 398 g/mol. The van der Waals surface area contributed by atoms with Crippen LogP contribution in [0.4, 0.5) is 24.5 Å². The average Bonchev–Trinajstić information content (AvgIpc) is 2.61. The smallest absolute Gasteiger partial charge is 0.322 e. The van der Waals surface area contributed by atoms with Crippen LogP contribution in [0.2, 0.25) is 0 Å². The number of carbonyl (C=O) groups is 1. The second kappa shape index (κ2) is 7.22. The summed E-state index contributed by atoms with van der Waals surface area (Å²) in [6.45, 7) is 0.402. The van der Waals surface area contributed by atoms with E-state index in [0.717, 1.165) is 18.6 Å². The molecule has 0 atom stereocenters. The Balaban J connectivity index is 1.71. The van der Waals surface area contributed by atoms with Crippen molar-refractivity contribution in [2.75, 3.05) is 21.9 Å². The van der Waals surface area contributed by atoms with Crippen LogP contribution in [-0.4, -0.2) is 26.6 Å². The predicted molar refractivity (Wildman–Crippen MR) is 96.2 cm³/mol. The molecule has 1 aliphatic heterocycles. The first-order chi connectivity index (χ1) is 12.7. The fourth-order valence-corrected chi connectivity index (χ4v) is 4.44. The molecule has 27 heavy (non-hydrogen) atoms. The largest absolute Gasteiger partial charge is 0.416 e. The van der Waals surface area contributed by atoms with E-state index in [-0.39, 0.29) is 17.0 Å². The summed E-state index contributed by atoms with van der Waals surface area (Å²) in [6.07, 6.45) is -3.03. The molecule has 0 radical (unpaired) electrons. The van der Waals surface area contributed by atoms with E-state index in [1.54, 1.807) is 12.1 Å². The highest BCUT2D eigenvalue weighted by Crippen LogP contribution is 2.30. The van der Waals surface area contributed by atoms with Gasteiger partial charge in [-0.15, -0.1) is 0 Å². The minimum Gasteiger partial charge on any atom is -0.322 e. The third-order valence-electron chi connectivity index (χ3n) is 4.24. The van der Waals surface area contributed by atoms with Crippen molar-refractivity contribution in [3.63, 3.8) is 0 Å². The molecule has 144 valence electrons. The third kappa shape index (κ3) is 4.41. The lowest BCUT2D eigenvalue weighted by molar-refractivity contribution is -0.137. The zero-order valence-electron chi connectivity index (χ0n) is 14.2. The number of halogens is 3. The van der Waals surface area contributed by atoms with Gasteiger partial charge in [0.15, 0.2) is 0 Å². The van der Waals surface area contributed by atoms with Crippen LogP contribution in [-0.2, 0) is 16.2 Å². The van der Waals surface area contributed by atoms with Crippen LogP contribution >= 0.6 is 0 Å². The Labute approximate surface area is 154 Å². The Hall–Kier alpha value is -2.55. The maximum absolute atomic E-state index is 12.6. The van der Waals surface area contributed by atoms with E-state index < -0.39 is 27.7 Å². The Morgan fingerprint density at radius 3 is 2.15 bits per heavy atom. The molecule has 0 saturated carbocycles. The van der Waals surface area contributed by atoms with Gasteiger partial charge in [-0.3, -0.25) is 9.10 Å². The van der Waals surface area contributed by atoms with Crippen LogP contribution in [0.25, 0.3) is 0 Å². The van der Waals surface area contributed by atoms with E-state index >= 15 is 0 Å². The highest BCUT2D eigenvalue weighted by molar-refractivity contribution is 7.92. The molecule has 1 aliphatic rings. The van der Waals surface area contributed by atoms with Crippen molar-refractivity contribution in [2.45, 2.75) is 19.0 Å². The molecule has 5 nitrogen and oxygen atoms in total. The standard InChI is InChI=1S/C18H17F3N2O3S/c19-18(20,21)14-5-7-15(8-6-14)22-17(24)13-3-9-16(10-4-13)23-11-1-2-12-27(23,25)26/h3-10H,1-2,11-12H2,(H,22,24). The first-order valence-electron chi connectivity index (χ1n) is 8.26. The fourth-order valence-electron chi connectivity index (χ4n) is 2.80. The van der Waals surface area contributed by atoms with Gasteiger partial charge in [-0.2, -0.15) is 13.2 Å². The number of nitrogens with one attached hydrogen (secondary N) is 1. The van der Waals surface area contributed by atoms with Crippen LogP contribution in [0.15, 0.2) is 48.5 Å². The molecule has 1 saturated heterocycles. The Morgan fingerprint density at radius 2 is 1.59 bits per heavy atom. The van der Waals surface area contributed by atoms with Crippen LogP contribution in [0.1, 0.15) is 28.8 Å². The number of nitrogens with zero attached hydrogens (tertiary/aromatic N) is 1. The summed E-state index contributed by atoms with van der Waals surface area (Å²) in [5.41, 5.74) is 0.192. The van der Waals surface area contributed by atoms with Crippen molar-refractivity contribution < 1.29 is 26.4 Å². The first-order valence-corrected chi connectivity index (χ1v) is 9.87. The molecule has 2 aromatic rings. The fraction of sp³-hybridized carbons (Fsp3) is 0.278. The number of anilines is 2. The van der Waals surface area contributed by atoms with Gasteiger partial charge in [0.05, 0.1) is 17.0 Å². The van der Waals surface area contributed by atoms with Crippen LogP contribution in [0, 0.1) is 0 Å². The van der Waals surface area contributed by atoms with E-state index in [4.69, 9.17) is 0 Å². The minimum atomic E-state index is -4.44. The molecule has 0 aliphatic carbocycles. The van der Waals surface area contributed by atoms with E-state index in [0.29, 0.717) is 18.7 Å². The van der Waals surface area contributed by atoms with E-state index in [2.05, 4.69) is 5.32 Å². The Bertz CT molecular complexity index is 924. The topological polar surface area (TPSA) is 66.5 Å². The summed E-state index contributed by atoms with van der Waals surface area (Å²) < 4.78 is 63.2. The van der Waals surface area contributed by atoms with E-state index in [1.165, 1.54) is 28.6 Å². The highest BCUT2D eigenvalue weighted by atomic mass is 32.2. The zero-order valence-corrected chi connectivity index (χ0v) is 15.0. The van der Waals surface area contributed by atoms with E-state index in [1.807, 2.05) is 0 Å². The number of hydrogen-bond acceptors (Lipinski definition) is 3. The van der Waals surface area contributed by atoms with Gasteiger partial charge >= 0.3 is 6.18 Å². The predicted octanol–water partition coefficient (Wildman–Crippen LogP) is 3.89. The molecule has 3 rings (SSSR count). The zero-order chi connectivity index (χ0) is 19.7. The summed E-state index contributed by atoms with van der Waals surface area (Å²) in [4.78, 5) is 12.2. The molecule has 1 amide bonds.